The van der Waals surface area contributed by atoms with Crippen molar-refractivity contribution in [2.24, 2.45) is 5.73 Å². The summed E-state index contributed by atoms with van der Waals surface area (Å²) < 4.78 is 5.80. The van der Waals surface area contributed by atoms with E-state index < -0.39 is 0 Å². The van der Waals surface area contributed by atoms with Crippen LogP contribution in [0.15, 0.2) is 18.2 Å². The summed E-state index contributed by atoms with van der Waals surface area (Å²) in [7, 11) is 0. The largest absolute Gasteiger partial charge is 0.494 e. The lowest BCUT2D eigenvalue weighted by Crippen LogP contribution is -2.57. The molecule has 1 saturated heterocycles. The van der Waals surface area contributed by atoms with Gasteiger partial charge in [0.25, 0.3) is 0 Å². The van der Waals surface area contributed by atoms with Crippen molar-refractivity contribution in [2.45, 2.75) is 26.3 Å². The zero-order valence-electron chi connectivity index (χ0n) is 12.9. The fraction of sp³-hybridized carbons (Fsp3) is 0.562. The summed E-state index contributed by atoms with van der Waals surface area (Å²) >= 11 is 0. The number of carbonyl (C=O) groups is 1. The molecule has 0 aliphatic carbocycles. The van der Waals surface area contributed by atoms with Gasteiger partial charge in [-0.25, -0.2) is 0 Å². The molecule has 5 nitrogen and oxygen atoms in total. The highest BCUT2D eigenvalue weighted by molar-refractivity contribution is 5.80. The molecule has 2 rings (SSSR count). The predicted octanol–water partition coefficient (Wildman–Crippen LogP) is 0.831. The highest BCUT2D eigenvalue weighted by Crippen LogP contribution is 2.16. The standard InChI is InChI=1S/C16H25N3O2/c1-12-8-13(2)10-14(9-12)21-7-3-5-19-6-4-18-11-15(19)16(17)20/h8-10,15,18H,3-7,11H2,1-2H3,(H2,17,20). The number of rotatable bonds is 6. The molecule has 0 saturated carbocycles. The van der Waals surface area contributed by atoms with E-state index >= 15 is 0 Å². The van der Waals surface area contributed by atoms with Gasteiger partial charge in [0, 0.05) is 26.2 Å². The monoisotopic (exact) mass is 291 g/mol. The van der Waals surface area contributed by atoms with Gasteiger partial charge in [0.05, 0.1) is 6.61 Å². The second kappa shape index (κ2) is 7.43. The summed E-state index contributed by atoms with van der Waals surface area (Å²) in [5.41, 5.74) is 7.85. The summed E-state index contributed by atoms with van der Waals surface area (Å²) in [6, 6.07) is 6.03. The Hall–Kier alpha value is -1.59. The third kappa shape index (κ3) is 4.72. The van der Waals surface area contributed by atoms with Gasteiger partial charge in [-0.1, -0.05) is 6.07 Å². The summed E-state index contributed by atoms with van der Waals surface area (Å²) in [5, 5.41) is 3.20. The van der Waals surface area contributed by atoms with Crippen LogP contribution in [0.4, 0.5) is 0 Å². The minimum atomic E-state index is -0.252. The Kier molecular flexibility index (Phi) is 5.59. The SMILES string of the molecule is Cc1cc(C)cc(OCCCN2CCNCC2C(N)=O)c1. The van der Waals surface area contributed by atoms with Crippen LogP contribution in [-0.2, 0) is 4.79 Å². The third-order valence-corrected chi connectivity index (χ3v) is 3.74. The number of nitrogens with two attached hydrogens (primary N) is 1. The van der Waals surface area contributed by atoms with E-state index in [1.165, 1.54) is 11.1 Å². The first-order valence-corrected chi connectivity index (χ1v) is 7.51. The van der Waals surface area contributed by atoms with Gasteiger partial charge in [0.15, 0.2) is 0 Å². The van der Waals surface area contributed by atoms with E-state index in [0.29, 0.717) is 13.2 Å². The zero-order valence-corrected chi connectivity index (χ0v) is 12.9. The molecule has 1 aromatic rings. The summed E-state index contributed by atoms with van der Waals surface area (Å²) in [5.74, 6) is 0.664. The van der Waals surface area contributed by atoms with E-state index in [2.05, 4.69) is 30.1 Å². The number of nitrogens with zero attached hydrogens (tertiary/aromatic N) is 1. The molecule has 1 heterocycles. The summed E-state index contributed by atoms with van der Waals surface area (Å²) in [6.07, 6.45) is 0.886. The van der Waals surface area contributed by atoms with Crippen molar-refractivity contribution in [3.8, 4) is 5.75 Å². The maximum atomic E-state index is 11.4. The summed E-state index contributed by atoms with van der Waals surface area (Å²) in [6.45, 7) is 8.03. The average molecular weight is 291 g/mol. The zero-order chi connectivity index (χ0) is 15.2. The van der Waals surface area contributed by atoms with Crippen LogP contribution in [-0.4, -0.2) is 49.6 Å². The first-order chi connectivity index (χ1) is 10.1. The predicted molar refractivity (Wildman–Crippen MR) is 83.5 cm³/mol. The number of benzene rings is 1. The lowest BCUT2D eigenvalue weighted by atomic mass is 10.1. The molecule has 21 heavy (non-hydrogen) atoms. The third-order valence-electron chi connectivity index (χ3n) is 3.74. The molecule has 1 aliphatic heterocycles. The Balaban J connectivity index is 1.77. The lowest BCUT2D eigenvalue weighted by Gasteiger charge is -2.34. The van der Waals surface area contributed by atoms with Crippen LogP contribution in [0.25, 0.3) is 0 Å². The van der Waals surface area contributed by atoms with E-state index in [1.807, 2.05) is 12.1 Å². The molecule has 3 N–H and O–H groups in total. The topological polar surface area (TPSA) is 67.6 Å². The number of carbonyl (C=O) groups excluding carboxylic acids is 1. The molecule has 0 aromatic heterocycles. The number of hydrogen-bond donors (Lipinski definition) is 2. The van der Waals surface area contributed by atoms with E-state index in [4.69, 9.17) is 10.5 Å². The molecular weight excluding hydrogens is 266 g/mol. The smallest absolute Gasteiger partial charge is 0.236 e. The normalized spacial score (nSPS) is 19.4. The van der Waals surface area contributed by atoms with Gasteiger partial charge in [-0.3, -0.25) is 9.69 Å². The molecule has 1 atom stereocenters. The number of amides is 1. The van der Waals surface area contributed by atoms with Gasteiger partial charge in [0.2, 0.25) is 5.91 Å². The van der Waals surface area contributed by atoms with Crippen molar-refractivity contribution in [3.05, 3.63) is 29.3 Å². The van der Waals surface area contributed by atoms with E-state index in [0.717, 1.165) is 31.8 Å². The van der Waals surface area contributed by atoms with Crippen molar-refractivity contribution in [1.29, 1.82) is 0 Å². The van der Waals surface area contributed by atoms with Gasteiger partial charge < -0.3 is 15.8 Å². The molecular formula is C16H25N3O2. The summed E-state index contributed by atoms with van der Waals surface area (Å²) in [4.78, 5) is 13.5. The van der Waals surface area contributed by atoms with Crippen LogP contribution in [0.1, 0.15) is 17.5 Å². The Morgan fingerprint density at radius 1 is 1.38 bits per heavy atom. The van der Waals surface area contributed by atoms with Crippen molar-refractivity contribution >= 4 is 5.91 Å². The van der Waals surface area contributed by atoms with Crippen LogP contribution in [0.2, 0.25) is 0 Å². The van der Waals surface area contributed by atoms with E-state index in [9.17, 15) is 4.79 Å². The second-order valence-electron chi connectivity index (χ2n) is 5.68. The van der Waals surface area contributed by atoms with Crippen LogP contribution in [0.3, 0.4) is 0 Å². The second-order valence-corrected chi connectivity index (χ2v) is 5.68. The minimum Gasteiger partial charge on any atom is -0.494 e. The van der Waals surface area contributed by atoms with Crippen LogP contribution in [0, 0.1) is 13.8 Å². The first-order valence-electron chi connectivity index (χ1n) is 7.51. The lowest BCUT2D eigenvalue weighted by molar-refractivity contribution is -0.123. The number of piperazine rings is 1. The van der Waals surface area contributed by atoms with Gasteiger partial charge >= 0.3 is 0 Å². The molecule has 0 spiro atoms. The number of aryl methyl sites for hydroxylation is 2. The highest BCUT2D eigenvalue weighted by atomic mass is 16.5. The van der Waals surface area contributed by atoms with Crippen LogP contribution < -0.4 is 15.8 Å². The van der Waals surface area contributed by atoms with E-state index in [1.54, 1.807) is 0 Å². The molecule has 1 unspecified atom stereocenters. The first kappa shape index (κ1) is 15.8. The van der Waals surface area contributed by atoms with Gasteiger partial charge in [0.1, 0.15) is 11.8 Å². The fourth-order valence-electron chi connectivity index (χ4n) is 2.77. The number of primary amides is 1. The molecule has 1 aromatic carbocycles. The molecule has 1 aliphatic rings. The van der Waals surface area contributed by atoms with E-state index in [-0.39, 0.29) is 11.9 Å². The number of hydrogen-bond acceptors (Lipinski definition) is 4. The maximum Gasteiger partial charge on any atom is 0.236 e. The van der Waals surface area contributed by atoms with Crippen LogP contribution in [0.5, 0.6) is 5.75 Å². The molecule has 1 fully saturated rings. The molecule has 116 valence electrons. The number of ether oxygens (including phenoxy) is 1. The Morgan fingerprint density at radius 3 is 2.76 bits per heavy atom. The fourth-order valence-corrected chi connectivity index (χ4v) is 2.77. The minimum absolute atomic E-state index is 0.194. The Labute approximate surface area is 126 Å². The van der Waals surface area contributed by atoms with Gasteiger partial charge in [-0.05, 0) is 43.5 Å². The number of nitrogens with one attached hydrogen (secondary N) is 1. The van der Waals surface area contributed by atoms with Crippen molar-refractivity contribution in [2.75, 3.05) is 32.8 Å². The highest BCUT2D eigenvalue weighted by Gasteiger charge is 2.25. The van der Waals surface area contributed by atoms with Crippen molar-refractivity contribution in [1.82, 2.24) is 10.2 Å². The molecule has 0 bridgehead atoms. The van der Waals surface area contributed by atoms with Gasteiger partial charge in [-0.15, -0.1) is 0 Å². The molecule has 5 heteroatoms. The molecule has 0 radical (unpaired) electrons. The van der Waals surface area contributed by atoms with Crippen LogP contribution >= 0.6 is 0 Å². The van der Waals surface area contributed by atoms with Crippen molar-refractivity contribution in [3.63, 3.8) is 0 Å². The quantitative estimate of drug-likeness (QED) is 0.762. The molecule has 1 amide bonds. The Morgan fingerprint density at radius 2 is 2.10 bits per heavy atom. The van der Waals surface area contributed by atoms with Crippen molar-refractivity contribution < 1.29 is 9.53 Å². The maximum absolute atomic E-state index is 11.4. The average Bonchev–Trinajstić information content (AvgIpc) is 2.43. The van der Waals surface area contributed by atoms with Gasteiger partial charge in [-0.2, -0.15) is 0 Å². The Bertz CT molecular complexity index is 470.